The Morgan fingerprint density at radius 2 is 2.00 bits per heavy atom. The number of primary amides is 1. The molecule has 1 amide bonds. The van der Waals surface area contributed by atoms with Gasteiger partial charge in [-0.3, -0.25) is 10.5 Å². The third kappa shape index (κ3) is 2.84. The van der Waals surface area contributed by atoms with Crippen molar-refractivity contribution >= 4 is 11.7 Å². The molecule has 20 heavy (non-hydrogen) atoms. The fourth-order valence-corrected chi connectivity index (χ4v) is 2.00. The van der Waals surface area contributed by atoms with Crippen LogP contribution in [-0.2, 0) is 4.74 Å². The van der Waals surface area contributed by atoms with Crippen LogP contribution in [0.3, 0.4) is 0 Å². The van der Waals surface area contributed by atoms with E-state index in [1.54, 1.807) is 0 Å². The Hall–Kier alpha value is -1.45. The molecular formula is C11H16ClN3O5. The zero-order chi connectivity index (χ0) is 14.2. The molecular weight excluding hydrogens is 290 g/mol. The lowest BCUT2D eigenvalue weighted by Crippen LogP contribution is -3.00. The maximum absolute atomic E-state index is 11.1. The van der Waals surface area contributed by atoms with Gasteiger partial charge < -0.3 is 38.2 Å². The Morgan fingerprint density at radius 3 is 2.50 bits per heavy atom. The van der Waals surface area contributed by atoms with Crippen LogP contribution in [0.1, 0.15) is 16.6 Å². The molecule has 8 nitrogen and oxygen atoms in total. The number of anilines is 1. The lowest BCUT2D eigenvalue weighted by atomic mass is 10.1. The molecule has 0 aliphatic carbocycles. The van der Waals surface area contributed by atoms with Crippen LogP contribution in [0.15, 0.2) is 18.3 Å². The van der Waals surface area contributed by atoms with E-state index < -0.39 is 37.1 Å². The maximum atomic E-state index is 11.1. The second kappa shape index (κ2) is 6.33. The minimum Gasteiger partial charge on any atom is -1.00 e. The first-order valence-electron chi connectivity index (χ1n) is 5.68. The number of rotatable bonds is 3. The molecule has 1 aliphatic rings. The van der Waals surface area contributed by atoms with E-state index in [9.17, 15) is 15.0 Å². The van der Waals surface area contributed by atoms with Crippen LogP contribution in [0.5, 0.6) is 0 Å². The monoisotopic (exact) mass is 305 g/mol. The summed E-state index contributed by atoms with van der Waals surface area (Å²) >= 11 is 0. The van der Waals surface area contributed by atoms with Gasteiger partial charge in [0.25, 0.3) is 11.7 Å². The summed E-state index contributed by atoms with van der Waals surface area (Å²) in [7, 11) is 0. The number of amides is 1. The Morgan fingerprint density at radius 1 is 1.35 bits per heavy atom. The molecule has 0 spiro atoms. The molecule has 0 saturated carbocycles. The number of aliphatic hydroxyl groups is 3. The molecule has 4 atom stereocenters. The number of aromatic nitrogens is 1. The van der Waals surface area contributed by atoms with Gasteiger partial charge in [0.1, 0.15) is 24.5 Å². The molecule has 9 heteroatoms. The van der Waals surface area contributed by atoms with E-state index in [-0.39, 0.29) is 23.8 Å². The van der Waals surface area contributed by atoms with Crippen molar-refractivity contribution < 1.29 is 41.8 Å². The fraction of sp³-hybridized carbons (Fsp3) is 0.455. The van der Waals surface area contributed by atoms with Crippen molar-refractivity contribution in [2.24, 2.45) is 5.73 Å². The molecule has 1 saturated heterocycles. The van der Waals surface area contributed by atoms with E-state index in [0.717, 1.165) is 0 Å². The average molecular weight is 306 g/mol. The van der Waals surface area contributed by atoms with Gasteiger partial charge in [-0.1, -0.05) is 0 Å². The maximum Gasteiger partial charge on any atom is 0.274 e. The number of nitrogen functional groups attached to an aromatic ring is 1. The van der Waals surface area contributed by atoms with Crippen molar-refractivity contribution in [2.75, 3.05) is 12.3 Å². The fourth-order valence-electron chi connectivity index (χ4n) is 2.00. The highest BCUT2D eigenvalue weighted by Crippen LogP contribution is 2.26. The van der Waals surface area contributed by atoms with Crippen LogP contribution >= 0.6 is 0 Å². The summed E-state index contributed by atoms with van der Waals surface area (Å²) in [5, 5.41) is 28.6. The summed E-state index contributed by atoms with van der Waals surface area (Å²) < 4.78 is 6.61. The second-order valence-corrected chi connectivity index (χ2v) is 4.34. The molecule has 1 unspecified atom stereocenters. The molecule has 0 bridgehead atoms. The Kier molecular flexibility index (Phi) is 5.26. The first-order chi connectivity index (χ1) is 8.95. The average Bonchev–Trinajstić information content (AvgIpc) is 2.66. The van der Waals surface area contributed by atoms with Crippen LogP contribution in [0.4, 0.5) is 5.82 Å². The smallest absolute Gasteiger partial charge is 0.274 e. The van der Waals surface area contributed by atoms with Crippen molar-refractivity contribution in [1.29, 1.82) is 0 Å². The third-order valence-electron chi connectivity index (χ3n) is 3.09. The quantitative estimate of drug-likeness (QED) is 0.352. The molecule has 1 aromatic heterocycles. The van der Waals surface area contributed by atoms with E-state index >= 15 is 0 Å². The van der Waals surface area contributed by atoms with E-state index in [1.165, 1.54) is 22.9 Å². The Labute approximate surface area is 121 Å². The standard InChI is InChI=1S/C11H15N3O5.ClH/c12-7-2-1-5(10(13)18)3-14(7)11-9(17)8(16)6(4-15)19-11;/h1-3,6,8-9,11-12,15-17H,4H2,(H2,13,18);1H/t6-,8-,9-,11?;/m1./s1. The van der Waals surface area contributed by atoms with Gasteiger partial charge >= 0.3 is 0 Å². The van der Waals surface area contributed by atoms with Crippen LogP contribution in [0.25, 0.3) is 0 Å². The summed E-state index contributed by atoms with van der Waals surface area (Å²) in [6.45, 7) is -0.440. The molecule has 2 heterocycles. The van der Waals surface area contributed by atoms with Gasteiger partial charge in [-0.2, -0.15) is 0 Å². The highest BCUT2D eigenvalue weighted by Gasteiger charge is 2.46. The van der Waals surface area contributed by atoms with Gasteiger partial charge in [0.05, 0.1) is 12.2 Å². The van der Waals surface area contributed by atoms with Gasteiger partial charge in [0, 0.05) is 6.07 Å². The minimum atomic E-state index is -1.27. The van der Waals surface area contributed by atoms with E-state index in [4.69, 9.17) is 21.3 Å². The van der Waals surface area contributed by atoms with Crippen molar-refractivity contribution in [1.82, 2.24) is 0 Å². The highest BCUT2D eigenvalue weighted by molar-refractivity contribution is 5.92. The van der Waals surface area contributed by atoms with Crippen molar-refractivity contribution in [2.45, 2.75) is 24.5 Å². The van der Waals surface area contributed by atoms with Crippen LogP contribution in [0, 0.1) is 0 Å². The SMILES string of the molecule is NC(=O)c1ccc(N)[n+](C2O[C@H](CO)[C@@H](O)[C@H]2O)c1.[Cl-]. The summed E-state index contributed by atoms with van der Waals surface area (Å²) in [6, 6.07) is 2.88. The highest BCUT2D eigenvalue weighted by atomic mass is 35.5. The minimum absolute atomic E-state index is 0. The first-order valence-corrected chi connectivity index (χ1v) is 5.68. The lowest BCUT2D eigenvalue weighted by Gasteiger charge is -2.15. The molecule has 2 rings (SSSR count). The topological polar surface area (TPSA) is 143 Å². The predicted octanol–water partition coefficient (Wildman–Crippen LogP) is -5.73. The van der Waals surface area contributed by atoms with Gasteiger partial charge in [-0.05, 0) is 6.07 Å². The molecule has 7 N–H and O–H groups in total. The van der Waals surface area contributed by atoms with E-state index in [2.05, 4.69) is 0 Å². The number of carbonyl (C=O) groups is 1. The number of ether oxygens (including phenoxy) is 1. The van der Waals surface area contributed by atoms with Gasteiger partial charge in [-0.25, -0.2) is 4.57 Å². The number of aliphatic hydroxyl groups excluding tert-OH is 3. The lowest BCUT2D eigenvalue weighted by molar-refractivity contribution is -0.753. The summed E-state index contributed by atoms with van der Waals surface area (Å²) in [6.07, 6.45) is -3.08. The van der Waals surface area contributed by atoms with Crippen LogP contribution < -0.4 is 28.4 Å². The molecule has 0 aromatic carbocycles. The number of nitrogens with zero attached hydrogens (tertiary/aromatic N) is 1. The van der Waals surface area contributed by atoms with Crippen LogP contribution in [0.2, 0.25) is 0 Å². The largest absolute Gasteiger partial charge is 1.00 e. The van der Waals surface area contributed by atoms with Crippen LogP contribution in [-0.4, -0.2) is 46.1 Å². The van der Waals surface area contributed by atoms with Crippen molar-refractivity contribution in [3.8, 4) is 0 Å². The number of hydrogen-bond acceptors (Lipinski definition) is 6. The normalized spacial score (nSPS) is 28.9. The van der Waals surface area contributed by atoms with Gasteiger partial charge in [0.2, 0.25) is 6.23 Å². The molecule has 1 aromatic rings. The number of halogens is 1. The number of nitrogens with two attached hydrogens (primary N) is 2. The van der Waals surface area contributed by atoms with Gasteiger partial charge in [-0.15, -0.1) is 0 Å². The summed E-state index contributed by atoms with van der Waals surface area (Å²) in [5.41, 5.74) is 11.1. The first kappa shape index (κ1) is 16.6. The van der Waals surface area contributed by atoms with Crippen molar-refractivity contribution in [3.05, 3.63) is 23.9 Å². The third-order valence-corrected chi connectivity index (χ3v) is 3.09. The molecule has 112 valence electrons. The number of pyridine rings is 1. The second-order valence-electron chi connectivity index (χ2n) is 4.34. The predicted molar refractivity (Wildman–Crippen MR) is 62.6 cm³/mol. The number of carbonyl (C=O) groups excluding carboxylic acids is 1. The zero-order valence-electron chi connectivity index (χ0n) is 10.4. The summed E-state index contributed by atoms with van der Waals surface area (Å²) in [5.74, 6) is -0.430. The molecule has 0 radical (unpaired) electrons. The Bertz CT molecular complexity index is 501. The van der Waals surface area contributed by atoms with E-state index in [1.807, 2.05) is 0 Å². The molecule has 1 aliphatic heterocycles. The number of hydrogen-bond donors (Lipinski definition) is 5. The van der Waals surface area contributed by atoms with E-state index in [0.29, 0.717) is 0 Å². The zero-order valence-corrected chi connectivity index (χ0v) is 11.1. The summed E-state index contributed by atoms with van der Waals surface area (Å²) in [4.78, 5) is 11.1. The van der Waals surface area contributed by atoms with Crippen molar-refractivity contribution in [3.63, 3.8) is 0 Å². The molecule has 1 fully saturated rings. The van der Waals surface area contributed by atoms with Gasteiger partial charge in [0.15, 0.2) is 0 Å². The Balaban J connectivity index is 0.00000200.